The second-order valence-corrected chi connectivity index (χ2v) is 9.07. The molecule has 1 aliphatic rings. The Morgan fingerprint density at radius 3 is 2.59 bits per heavy atom. The molecule has 1 aromatic heterocycles. The third-order valence-corrected chi connectivity index (χ3v) is 6.83. The lowest BCUT2D eigenvalue weighted by atomic mass is 9.97. The van der Waals surface area contributed by atoms with Gasteiger partial charge < -0.3 is 9.47 Å². The number of hydrogen-bond acceptors (Lipinski definition) is 4. The molecular formula is C20H24FN3O4S. The van der Waals surface area contributed by atoms with Gasteiger partial charge in [-0.15, -0.1) is 0 Å². The van der Waals surface area contributed by atoms with Crippen molar-refractivity contribution in [2.24, 2.45) is 13.0 Å². The highest BCUT2D eigenvalue weighted by molar-refractivity contribution is 7.89. The number of pyridine rings is 1. The molecule has 3 rings (SSSR count). The highest BCUT2D eigenvalue weighted by Gasteiger charge is 2.26. The molecule has 1 aromatic carbocycles. The summed E-state index contributed by atoms with van der Waals surface area (Å²) in [6.07, 6.45) is 2.86. The van der Waals surface area contributed by atoms with Crippen molar-refractivity contribution in [1.29, 1.82) is 0 Å². The van der Waals surface area contributed by atoms with E-state index in [2.05, 4.69) is 4.72 Å². The predicted octanol–water partition coefficient (Wildman–Crippen LogP) is 1.66. The van der Waals surface area contributed by atoms with Gasteiger partial charge in [-0.3, -0.25) is 9.59 Å². The van der Waals surface area contributed by atoms with Gasteiger partial charge in [-0.2, -0.15) is 0 Å². The fraction of sp³-hybridized carbons (Fsp3) is 0.400. The number of piperidine rings is 1. The van der Waals surface area contributed by atoms with Gasteiger partial charge in [0.05, 0.1) is 4.90 Å². The fourth-order valence-electron chi connectivity index (χ4n) is 3.49. The third kappa shape index (κ3) is 4.73. The van der Waals surface area contributed by atoms with Gasteiger partial charge in [-0.1, -0.05) is 0 Å². The van der Waals surface area contributed by atoms with E-state index in [4.69, 9.17) is 0 Å². The summed E-state index contributed by atoms with van der Waals surface area (Å²) in [6, 6.07) is 6.75. The van der Waals surface area contributed by atoms with Crippen LogP contribution < -0.4 is 10.3 Å². The van der Waals surface area contributed by atoms with E-state index in [-0.39, 0.29) is 34.4 Å². The number of rotatable bonds is 5. The number of amides is 1. The van der Waals surface area contributed by atoms with E-state index in [9.17, 15) is 22.4 Å². The molecule has 0 unspecified atom stereocenters. The first-order valence-electron chi connectivity index (χ1n) is 9.40. The molecule has 1 fully saturated rings. The first-order chi connectivity index (χ1) is 13.7. The monoisotopic (exact) mass is 421 g/mol. The third-order valence-electron chi connectivity index (χ3n) is 5.24. The first-order valence-corrected chi connectivity index (χ1v) is 10.9. The van der Waals surface area contributed by atoms with Gasteiger partial charge >= 0.3 is 0 Å². The maximum Gasteiger partial charge on any atom is 0.263 e. The lowest BCUT2D eigenvalue weighted by Gasteiger charge is -2.32. The minimum absolute atomic E-state index is 0.0615. The van der Waals surface area contributed by atoms with Crippen LogP contribution in [-0.2, 0) is 17.1 Å². The average Bonchev–Trinajstić information content (AvgIpc) is 2.68. The quantitative estimate of drug-likeness (QED) is 0.795. The number of halogens is 1. The Morgan fingerprint density at radius 1 is 1.24 bits per heavy atom. The van der Waals surface area contributed by atoms with Crippen molar-refractivity contribution >= 4 is 15.9 Å². The zero-order chi connectivity index (χ0) is 21.2. The van der Waals surface area contributed by atoms with Gasteiger partial charge in [-0.05, 0) is 61.6 Å². The zero-order valence-electron chi connectivity index (χ0n) is 16.4. The Hall–Kier alpha value is -2.52. The van der Waals surface area contributed by atoms with Crippen molar-refractivity contribution in [2.45, 2.75) is 24.7 Å². The lowest BCUT2D eigenvalue weighted by molar-refractivity contribution is 0.0689. The number of sulfonamides is 1. The molecule has 2 aromatic rings. The molecule has 1 aliphatic heterocycles. The van der Waals surface area contributed by atoms with Gasteiger partial charge in [0.15, 0.2) is 0 Å². The Labute approximate surface area is 169 Å². The van der Waals surface area contributed by atoms with Crippen molar-refractivity contribution < 1.29 is 17.6 Å². The van der Waals surface area contributed by atoms with E-state index in [0.29, 0.717) is 31.5 Å². The van der Waals surface area contributed by atoms with Crippen LogP contribution >= 0.6 is 0 Å². The van der Waals surface area contributed by atoms with E-state index >= 15 is 0 Å². The van der Waals surface area contributed by atoms with Gasteiger partial charge in [-0.25, -0.2) is 17.5 Å². The summed E-state index contributed by atoms with van der Waals surface area (Å²) >= 11 is 0. The summed E-state index contributed by atoms with van der Waals surface area (Å²) in [4.78, 5) is 26.4. The Bertz CT molecular complexity index is 1070. The number of likely N-dealkylation sites (tertiary alicyclic amines) is 1. The number of benzene rings is 1. The van der Waals surface area contributed by atoms with Gasteiger partial charge in [0.2, 0.25) is 10.0 Å². The number of hydrogen-bond donors (Lipinski definition) is 1. The van der Waals surface area contributed by atoms with Crippen molar-refractivity contribution in [3.05, 3.63) is 63.8 Å². The van der Waals surface area contributed by atoms with Gasteiger partial charge in [0.1, 0.15) is 11.4 Å². The normalized spacial score (nSPS) is 15.5. The molecule has 156 valence electrons. The maximum absolute atomic E-state index is 13.2. The summed E-state index contributed by atoms with van der Waals surface area (Å²) < 4.78 is 42.2. The fourth-order valence-corrected chi connectivity index (χ4v) is 4.83. The predicted molar refractivity (Wildman–Crippen MR) is 107 cm³/mol. The van der Waals surface area contributed by atoms with E-state index in [1.54, 1.807) is 31.1 Å². The molecule has 0 atom stereocenters. The van der Waals surface area contributed by atoms with Gasteiger partial charge in [0.25, 0.3) is 11.5 Å². The number of carbonyl (C=O) groups is 1. The second kappa shape index (κ2) is 8.46. The molecule has 0 bridgehead atoms. The van der Waals surface area contributed by atoms with Crippen LogP contribution in [-0.4, -0.2) is 43.4 Å². The highest BCUT2D eigenvalue weighted by atomic mass is 32.2. The van der Waals surface area contributed by atoms with Crippen LogP contribution in [0.4, 0.5) is 4.39 Å². The molecule has 1 amide bonds. The average molecular weight is 421 g/mol. The second-order valence-electron chi connectivity index (χ2n) is 7.34. The van der Waals surface area contributed by atoms with Crippen LogP contribution in [0.1, 0.15) is 28.8 Å². The van der Waals surface area contributed by atoms with Crippen LogP contribution in [0.25, 0.3) is 0 Å². The van der Waals surface area contributed by atoms with Gasteiger partial charge in [0, 0.05) is 32.9 Å². The molecule has 9 heteroatoms. The van der Waals surface area contributed by atoms with E-state index in [1.807, 2.05) is 0 Å². The van der Waals surface area contributed by atoms with E-state index in [0.717, 1.165) is 6.07 Å². The van der Waals surface area contributed by atoms with E-state index < -0.39 is 15.8 Å². The minimum atomic E-state index is -3.73. The molecule has 1 saturated heterocycles. The van der Waals surface area contributed by atoms with Crippen molar-refractivity contribution in [1.82, 2.24) is 14.2 Å². The van der Waals surface area contributed by atoms with Crippen molar-refractivity contribution in [2.75, 3.05) is 19.6 Å². The number of nitrogens with zero attached hydrogens (tertiary/aromatic N) is 2. The van der Waals surface area contributed by atoms with Crippen LogP contribution in [0.5, 0.6) is 0 Å². The minimum Gasteiger partial charge on any atom is -0.338 e. The molecule has 0 spiro atoms. The summed E-state index contributed by atoms with van der Waals surface area (Å²) in [5.74, 6) is -0.702. The standard InChI is InChI=1S/C20H24FN3O4S/c1-14-12-16(21)5-6-18(14)29(27,28)22-13-15-7-10-24(11-8-15)20(26)17-4-3-9-23(2)19(17)25/h3-6,9,12,15,22H,7-8,10-11,13H2,1-2H3. The summed E-state index contributed by atoms with van der Waals surface area (Å²) in [5, 5.41) is 0. The zero-order valence-corrected chi connectivity index (χ0v) is 17.2. The largest absolute Gasteiger partial charge is 0.338 e. The Kier molecular flexibility index (Phi) is 6.18. The summed E-state index contributed by atoms with van der Waals surface area (Å²) in [5.41, 5.74) is 0.158. The Morgan fingerprint density at radius 2 is 1.93 bits per heavy atom. The first kappa shape index (κ1) is 21.2. The summed E-state index contributed by atoms with van der Waals surface area (Å²) in [6.45, 7) is 2.71. The number of aryl methyl sites for hydroxylation is 2. The molecule has 0 saturated carbocycles. The SMILES string of the molecule is Cc1cc(F)ccc1S(=O)(=O)NCC1CCN(C(=O)c2cccn(C)c2=O)CC1. The highest BCUT2D eigenvalue weighted by Crippen LogP contribution is 2.20. The molecule has 29 heavy (non-hydrogen) atoms. The molecule has 0 radical (unpaired) electrons. The van der Waals surface area contributed by atoms with Crippen LogP contribution in [0, 0.1) is 18.7 Å². The molecule has 7 nitrogen and oxygen atoms in total. The maximum atomic E-state index is 13.2. The molecular weight excluding hydrogens is 397 g/mol. The van der Waals surface area contributed by atoms with Crippen molar-refractivity contribution in [3.8, 4) is 0 Å². The lowest BCUT2D eigenvalue weighted by Crippen LogP contribution is -2.43. The topological polar surface area (TPSA) is 88.5 Å². The summed E-state index contributed by atoms with van der Waals surface area (Å²) in [7, 11) is -2.13. The number of aromatic nitrogens is 1. The van der Waals surface area contributed by atoms with Crippen molar-refractivity contribution in [3.63, 3.8) is 0 Å². The Balaban J connectivity index is 1.58. The van der Waals surface area contributed by atoms with Crippen LogP contribution in [0.2, 0.25) is 0 Å². The van der Waals surface area contributed by atoms with E-state index in [1.165, 1.54) is 22.8 Å². The number of carbonyl (C=O) groups excluding carboxylic acids is 1. The molecule has 0 aliphatic carbocycles. The smallest absolute Gasteiger partial charge is 0.263 e. The number of nitrogens with one attached hydrogen (secondary N) is 1. The van der Waals surface area contributed by atoms with Crippen LogP contribution in [0.15, 0.2) is 46.2 Å². The molecule has 1 N–H and O–H groups in total. The van der Waals surface area contributed by atoms with Crippen LogP contribution in [0.3, 0.4) is 0 Å². The molecule has 2 heterocycles.